The molecule has 0 aromatic heterocycles. The number of alkyl carbamates (subject to hydrolysis) is 1. The lowest BCUT2D eigenvalue weighted by Gasteiger charge is -2.38. The van der Waals surface area contributed by atoms with Crippen LogP contribution in [0.4, 0.5) is 4.79 Å². The average Bonchev–Trinajstić information content (AvgIpc) is 3.14. The number of nitrogens with two attached hydrogens (primary N) is 1. The van der Waals surface area contributed by atoms with Crippen LogP contribution in [0.25, 0.3) is 0 Å². The van der Waals surface area contributed by atoms with Gasteiger partial charge in [0.25, 0.3) is 5.91 Å². The zero-order valence-electron chi connectivity index (χ0n) is 24.9. The Kier molecular flexibility index (Phi) is 8.78. The molecule has 2 aliphatic carbocycles. The lowest BCUT2D eigenvalue weighted by Crippen LogP contribution is -2.60. The summed E-state index contributed by atoms with van der Waals surface area (Å²) in [5.74, 6) is -2.47. The Labute approximate surface area is 232 Å². The number of hydrogen-bond acceptors (Lipinski definition) is 6. The highest BCUT2D eigenvalue weighted by atomic mass is 16.6. The number of nitrogens with zero attached hydrogens (tertiary/aromatic N) is 1. The number of hydrogen-bond donors (Lipinski definition) is 3. The molecule has 39 heavy (non-hydrogen) atoms. The summed E-state index contributed by atoms with van der Waals surface area (Å²) in [5.41, 5.74) is 3.79. The van der Waals surface area contributed by atoms with E-state index in [4.69, 9.17) is 10.5 Å². The number of Topliss-reactive ketones (excluding diaryl/α,β-unsaturated/α-hetero) is 1. The van der Waals surface area contributed by atoms with Gasteiger partial charge < -0.3 is 26.0 Å². The van der Waals surface area contributed by atoms with Gasteiger partial charge in [0, 0.05) is 6.54 Å². The van der Waals surface area contributed by atoms with Gasteiger partial charge in [-0.1, -0.05) is 66.7 Å². The number of likely N-dealkylation sites (tertiary alicyclic amines) is 1. The quantitative estimate of drug-likeness (QED) is 0.397. The molecule has 1 aliphatic heterocycles. The number of carbonyl (C=O) groups is 5. The van der Waals surface area contributed by atoms with Crippen molar-refractivity contribution in [1.82, 2.24) is 15.5 Å². The number of rotatable bonds is 8. The summed E-state index contributed by atoms with van der Waals surface area (Å²) in [5, 5.41) is 5.55. The number of carbonyl (C=O) groups excluding carboxylic acids is 5. The van der Waals surface area contributed by atoms with Crippen molar-refractivity contribution in [3.8, 4) is 0 Å². The maximum absolute atomic E-state index is 14.0. The maximum Gasteiger partial charge on any atom is 0.408 e. The van der Waals surface area contributed by atoms with E-state index in [-0.39, 0.29) is 29.1 Å². The third-order valence-electron chi connectivity index (χ3n) is 8.70. The summed E-state index contributed by atoms with van der Waals surface area (Å²) in [6, 6.07) is -2.78. The molecule has 0 radical (unpaired) electrons. The fraction of sp³-hybridized carbons (Fsp3) is 0.828. The second-order valence-electron chi connectivity index (χ2n) is 14.4. The number of amides is 4. The molecule has 4 N–H and O–H groups in total. The molecule has 4 amide bonds. The second-order valence-corrected chi connectivity index (χ2v) is 14.4. The topological polar surface area (TPSA) is 148 Å². The molecule has 220 valence electrons. The van der Waals surface area contributed by atoms with Crippen LogP contribution in [0.15, 0.2) is 0 Å². The largest absolute Gasteiger partial charge is 0.444 e. The van der Waals surface area contributed by atoms with Crippen molar-refractivity contribution in [2.75, 3.05) is 6.54 Å². The minimum absolute atomic E-state index is 0.0948. The van der Waals surface area contributed by atoms with Crippen LogP contribution in [0.2, 0.25) is 0 Å². The number of fused-ring (bicyclic) bond motifs is 1. The Bertz CT molecular complexity index is 989. The van der Waals surface area contributed by atoms with E-state index < -0.39 is 52.8 Å². The molecule has 0 aromatic rings. The third-order valence-corrected chi connectivity index (χ3v) is 8.70. The number of nitrogens with one attached hydrogen (secondary N) is 2. The van der Waals surface area contributed by atoms with Crippen molar-refractivity contribution in [3.05, 3.63) is 0 Å². The predicted molar refractivity (Wildman–Crippen MR) is 146 cm³/mol. The van der Waals surface area contributed by atoms with Gasteiger partial charge in [0.1, 0.15) is 17.7 Å². The minimum atomic E-state index is -1.07. The second kappa shape index (κ2) is 11.1. The number of primary amides is 1. The monoisotopic (exact) mass is 548 g/mol. The summed E-state index contributed by atoms with van der Waals surface area (Å²) < 4.78 is 5.41. The van der Waals surface area contributed by atoms with Crippen LogP contribution < -0.4 is 16.4 Å². The lowest BCUT2D eigenvalue weighted by atomic mass is 9.83. The van der Waals surface area contributed by atoms with Crippen molar-refractivity contribution < 1.29 is 28.7 Å². The van der Waals surface area contributed by atoms with E-state index in [2.05, 4.69) is 24.5 Å². The van der Waals surface area contributed by atoms with E-state index in [9.17, 15) is 24.0 Å². The summed E-state index contributed by atoms with van der Waals surface area (Å²) in [6.07, 6.45) is 4.77. The van der Waals surface area contributed by atoms with E-state index in [1.165, 1.54) is 4.90 Å². The maximum atomic E-state index is 14.0. The van der Waals surface area contributed by atoms with E-state index in [1.54, 1.807) is 20.8 Å². The highest BCUT2D eigenvalue weighted by Gasteiger charge is 2.70. The molecule has 1 saturated heterocycles. The molecule has 3 unspecified atom stereocenters. The first-order chi connectivity index (χ1) is 17.8. The zero-order valence-corrected chi connectivity index (χ0v) is 24.9. The molecule has 10 nitrogen and oxygen atoms in total. The van der Waals surface area contributed by atoms with Gasteiger partial charge in [-0.15, -0.1) is 0 Å². The molecule has 0 spiro atoms. The van der Waals surface area contributed by atoms with Gasteiger partial charge in [0.05, 0.1) is 6.04 Å². The van der Waals surface area contributed by atoms with E-state index in [0.717, 1.165) is 32.1 Å². The highest BCUT2D eigenvalue weighted by molar-refractivity contribution is 6.37. The first-order valence-electron chi connectivity index (χ1n) is 14.3. The number of ketones is 1. The average molecular weight is 549 g/mol. The molecule has 10 heteroatoms. The van der Waals surface area contributed by atoms with Gasteiger partial charge >= 0.3 is 6.09 Å². The molecule has 5 atom stereocenters. The predicted octanol–water partition coefficient (Wildman–Crippen LogP) is 2.92. The summed E-state index contributed by atoms with van der Waals surface area (Å²) >= 11 is 0. The lowest BCUT2D eigenvalue weighted by molar-refractivity contribution is -0.145. The van der Waals surface area contributed by atoms with Crippen LogP contribution in [0, 0.1) is 28.6 Å². The van der Waals surface area contributed by atoms with Crippen LogP contribution >= 0.6 is 0 Å². The first kappa shape index (κ1) is 30.9. The van der Waals surface area contributed by atoms with Crippen molar-refractivity contribution >= 4 is 29.6 Å². The van der Waals surface area contributed by atoms with Crippen LogP contribution in [0.1, 0.15) is 93.9 Å². The van der Waals surface area contributed by atoms with E-state index in [1.807, 2.05) is 20.8 Å². The minimum Gasteiger partial charge on any atom is -0.444 e. The smallest absolute Gasteiger partial charge is 0.408 e. The Morgan fingerprint density at radius 3 is 2.08 bits per heavy atom. The fourth-order valence-electron chi connectivity index (χ4n) is 6.47. The zero-order chi connectivity index (χ0) is 29.5. The van der Waals surface area contributed by atoms with Crippen LogP contribution in [-0.2, 0) is 23.9 Å². The van der Waals surface area contributed by atoms with E-state index in [0.29, 0.717) is 13.0 Å². The molecular weight excluding hydrogens is 500 g/mol. The van der Waals surface area contributed by atoms with Gasteiger partial charge in [-0.2, -0.15) is 0 Å². The Morgan fingerprint density at radius 2 is 1.56 bits per heavy atom. The molecule has 2 saturated carbocycles. The standard InChI is InChI=1S/C29H48N4O6/c1-27(2,3)22(32-26(38)39-28(4,5)6)25(37)33-15-17-19(29(17,7)8)20(33)24(36)31-18(21(34)23(30)35)14-16-12-10-9-11-13-16/h16-20,22H,9-15H2,1-8H3,(H2,30,35)(H,31,36)(H,32,38)/t17?,18?,19?,20-,22+/m0/s1. The normalized spacial score (nSPS) is 26.2. The summed E-state index contributed by atoms with van der Waals surface area (Å²) in [4.78, 5) is 66.5. The van der Waals surface area contributed by atoms with Crippen molar-refractivity contribution in [2.45, 2.75) is 118 Å². The Balaban J connectivity index is 1.84. The number of piperidine rings is 1. The molecule has 3 fully saturated rings. The Hall–Kier alpha value is -2.65. The number of ether oxygens (including phenoxy) is 1. The summed E-state index contributed by atoms with van der Waals surface area (Å²) in [7, 11) is 0. The van der Waals surface area contributed by atoms with Crippen LogP contribution in [-0.4, -0.2) is 64.8 Å². The highest BCUT2D eigenvalue weighted by Crippen LogP contribution is 2.65. The molecule has 1 heterocycles. The van der Waals surface area contributed by atoms with Crippen LogP contribution in [0.3, 0.4) is 0 Å². The van der Waals surface area contributed by atoms with E-state index >= 15 is 0 Å². The molecule has 3 rings (SSSR count). The first-order valence-corrected chi connectivity index (χ1v) is 14.3. The third kappa shape index (κ3) is 7.11. The summed E-state index contributed by atoms with van der Waals surface area (Å²) in [6.45, 7) is 15.3. The van der Waals surface area contributed by atoms with Crippen molar-refractivity contribution in [1.29, 1.82) is 0 Å². The van der Waals surface area contributed by atoms with Gasteiger partial charge in [0.2, 0.25) is 17.6 Å². The molecule has 3 aliphatic rings. The van der Waals surface area contributed by atoms with Gasteiger partial charge in [0.15, 0.2) is 0 Å². The molecular formula is C29H48N4O6. The fourth-order valence-corrected chi connectivity index (χ4v) is 6.47. The van der Waals surface area contributed by atoms with Crippen LogP contribution in [0.5, 0.6) is 0 Å². The van der Waals surface area contributed by atoms with Gasteiger partial charge in [-0.25, -0.2) is 4.79 Å². The van der Waals surface area contributed by atoms with Crippen molar-refractivity contribution in [2.24, 2.45) is 34.3 Å². The van der Waals surface area contributed by atoms with Gasteiger partial charge in [-0.05, 0) is 55.8 Å². The SMILES string of the molecule is CC(C)(C)OC(=O)N[C@H](C(=O)N1CC2C([C@H]1C(=O)NC(CC1CCCCC1)C(=O)C(N)=O)C2(C)C)C(C)(C)C. The van der Waals surface area contributed by atoms with Gasteiger partial charge in [-0.3, -0.25) is 19.2 Å². The molecule has 0 aromatic carbocycles. The molecule has 0 bridgehead atoms. The Morgan fingerprint density at radius 1 is 0.974 bits per heavy atom. The van der Waals surface area contributed by atoms with Crippen molar-refractivity contribution in [3.63, 3.8) is 0 Å².